The molecule has 0 fully saturated rings. The zero-order chi connectivity index (χ0) is 13.8. The fraction of sp³-hybridized carbons (Fsp3) is 0.500. The molecule has 19 heavy (non-hydrogen) atoms. The molecule has 0 aliphatic heterocycles. The Hall–Kier alpha value is -1.59. The van der Waals surface area contributed by atoms with Crippen molar-refractivity contribution < 1.29 is 4.42 Å². The Morgan fingerprint density at radius 3 is 3.00 bits per heavy atom. The van der Waals surface area contributed by atoms with E-state index in [1.54, 1.807) is 7.05 Å². The lowest BCUT2D eigenvalue weighted by Gasteiger charge is -2.11. The van der Waals surface area contributed by atoms with Crippen molar-refractivity contribution in [2.24, 2.45) is 18.7 Å². The molecule has 0 bridgehead atoms. The second-order valence-electron chi connectivity index (χ2n) is 5.04. The van der Waals surface area contributed by atoms with Crippen LogP contribution in [0.25, 0.3) is 11.1 Å². The van der Waals surface area contributed by atoms with Gasteiger partial charge in [-0.1, -0.05) is 13.0 Å². The van der Waals surface area contributed by atoms with Gasteiger partial charge in [-0.15, -0.1) is 0 Å². The fourth-order valence-corrected chi connectivity index (χ4v) is 2.13. The summed E-state index contributed by atoms with van der Waals surface area (Å²) in [6.45, 7) is 4.64. The average Bonchev–Trinajstić information content (AvgIpc) is 2.66. The summed E-state index contributed by atoms with van der Waals surface area (Å²) in [5, 5.41) is 3.40. The van der Waals surface area contributed by atoms with Crippen LogP contribution in [0.1, 0.15) is 18.9 Å². The summed E-state index contributed by atoms with van der Waals surface area (Å²) < 4.78 is 6.63. The largest absolute Gasteiger partial charge is 0.419 e. The Kier molecular flexibility index (Phi) is 4.39. The number of hydrogen-bond donors (Lipinski definition) is 2. The second-order valence-corrected chi connectivity index (χ2v) is 5.04. The van der Waals surface area contributed by atoms with E-state index in [0.29, 0.717) is 11.5 Å². The average molecular weight is 263 g/mol. The third-order valence-electron chi connectivity index (χ3n) is 3.34. The highest BCUT2D eigenvalue weighted by atomic mass is 16.4. The van der Waals surface area contributed by atoms with Crippen molar-refractivity contribution in [1.29, 1.82) is 0 Å². The normalized spacial score (nSPS) is 13.0. The number of nitrogens with zero attached hydrogens (tertiary/aromatic N) is 1. The van der Waals surface area contributed by atoms with Crippen LogP contribution in [0.3, 0.4) is 0 Å². The molecule has 0 amide bonds. The van der Waals surface area contributed by atoms with Crippen LogP contribution in [0.2, 0.25) is 0 Å². The van der Waals surface area contributed by atoms with E-state index >= 15 is 0 Å². The molecular weight excluding hydrogens is 242 g/mol. The summed E-state index contributed by atoms with van der Waals surface area (Å²) in [6.07, 6.45) is 1.03. The Labute approximate surface area is 112 Å². The van der Waals surface area contributed by atoms with Crippen molar-refractivity contribution in [3.05, 3.63) is 34.3 Å². The van der Waals surface area contributed by atoms with Crippen LogP contribution in [0.15, 0.2) is 27.4 Å². The van der Waals surface area contributed by atoms with Crippen molar-refractivity contribution in [3.8, 4) is 0 Å². The fourth-order valence-electron chi connectivity index (χ4n) is 2.13. The standard InChI is InChI=1S/C14H21N3O2/c1-10(5-6-15)8-16-9-11-3-4-13-12(7-11)17(2)14(18)19-13/h3-4,7,10,16H,5-6,8-9,15H2,1-2H3. The van der Waals surface area contributed by atoms with Crippen LogP contribution in [-0.4, -0.2) is 17.7 Å². The minimum Gasteiger partial charge on any atom is -0.408 e. The van der Waals surface area contributed by atoms with E-state index in [-0.39, 0.29) is 5.76 Å². The lowest BCUT2D eigenvalue weighted by Crippen LogP contribution is -2.22. The second kappa shape index (κ2) is 6.04. The first kappa shape index (κ1) is 13.8. The molecule has 3 N–H and O–H groups in total. The number of aryl methyl sites for hydroxylation is 1. The minimum atomic E-state index is -0.323. The van der Waals surface area contributed by atoms with Gasteiger partial charge in [0.1, 0.15) is 0 Å². The number of rotatable bonds is 6. The zero-order valence-corrected chi connectivity index (χ0v) is 11.5. The molecule has 5 nitrogen and oxygen atoms in total. The molecule has 104 valence electrons. The summed E-state index contributed by atoms with van der Waals surface area (Å²) in [5.41, 5.74) is 8.13. The number of aromatic nitrogens is 1. The molecule has 1 aromatic carbocycles. The molecule has 1 aromatic heterocycles. The highest BCUT2D eigenvalue weighted by Gasteiger charge is 2.06. The van der Waals surface area contributed by atoms with Gasteiger partial charge in [0.2, 0.25) is 0 Å². The van der Waals surface area contributed by atoms with Crippen molar-refractivity contribution >= 4 is 11.1 Å². The molecule has 0 aliphatic carbocycles. The third-order valence-corrected chi connectivity index (χ3v) is 3.34. The topological polar surface area (TPSA) is 73.2 Å². The molecule has 1 atom stereocenters. The Bertz CT molecular complexity index is 600. The van der Waals surface area contributed by atoms with Crippen molar-refractivity contribution in [2.45, 2.75) is 19.9 Å². The number of oxazole rings is 1. The molecular formula is C14H21N3O2. The van der Waals surface area contributed by atoms with Crippen molar-refractivity contribution in [1.82, 2.24) is 9.88 Å². The summed E-state index contributed by atoms with van der Waals surface area (Å²) in [7, 11) is 1.72. The first-order valence-corrected chi connectivity index (χ1v) is 6.61. The molecule has 2 aromatic rings. The summed E-state index contributed by atoms with van der Waals surface area (Å²) in [6, 6.07) is 5.81. The molecule has 5 heteroatoms. The van der Waals surface area contributed by atoms with E-state index in [1.165, 1.54) is 4.57 Å². The van der Waals surface area contributed by atoms with Crippen LogP contribution < -0.4 is 16.8 Å². The van der Waals surface area contributed by atoms with Crippen LogP contribution in [0.5, 0.6) is 0 Å². The Balaban J connectivity index is 2.01. The number of benzene rings is 1. The van der Waals surface area contributed by atoms with Gasteiger partial charge in [-0.05, 0) is 43.1 Å². The minimum absolute atomic E-state index is 0.323. The maximum Gasteiger partial charge on any atom is 0.419 e. The summed E-state index contributed by atoms with van der Waals surface area (Å²) in [5.74, 6) is 0.253. The molecule has 1 unspecified atom stereocenters. The van der Waals surface area contributed by atoms with Gasteiger partial charge in [-0.2, -0.15) is 0 Å². The molecule has 1 heterocycles. The maximum absolute atomic E-state index is 11.4. The van der Waals surface area contributed by atoms with E-state index < -0.39 is 0 Å². The van der Waals surface area contributed by atoms with E-state index in [9.17, 15) is 4.79 Å². The van der Waals surface area contributed by atoms with Gasteiger partial charge in [0.05, 0.1) is 5.52 Å². The number of nitrogens with two attached hydrogens (primary N) is 1. The summed E-state index contributed by atoms with van der Waals surface area (Å²) >= 11 is 0. The zero-order valence-electron chi connectivity index (χ0n) is 11.5. The van der Waals surface area contributed by atoms with Gasteiger partial charge in [-0.25, -0.2) is 4.79 Å². The van der Waals surface area contributed by atoms with E-state index in [2.05, 4.69) is 12.2 Å². The van der Waals surface area contributed by atoms with Crippen molar-refractivity contribution in [2.75, 3.05) is 13.1 Å². The number of nitrogens with one attached hydrogen (secondary N) is 1. The van der Waals surface area contributed by atoms with E-state index in [1.807, 2.05) is 18.2 Å². The number of hydrogen-bond acceptors (Lipinski definition) is 4. The predicted octanol–water partition coefficient (Wildman–Crippen LogP) is 1.21. The third kappa shape index (κ3) is 3.24. The molecule has 0 saturated heterocycles. The molecule has 2 rings (SSSR count). The monoisotopic (exact) mass is 263 g/mol. The molecule has 0 saturated carbocycles. The first-order valence-electron chi connectivity index (χ1n) is 6.61. The SMILES string of the molecule is CC(CCN)CNCc1ccc2oc(=O)n(C)c2c1. The van der Waals surface area contributed by atoms with Crippen LogP contribution in [-0.2, 0) is 13.6 Å². The van der Waals surface area contributed by atoms with Crippen LogP contribution >= 0.6 is 0 Å². The Morgan fingerprint density at radius 2 is 2.26 bits per heavy atom. The quantitative estimate of drug-likeness (QED) is 0.821. The first-order chi connectivity index (χ1) is 9.11. The van der Waals surface area contributed by atoms with E-state index in [0.717, 1.165) is 37.1 Å². The Morgan fingerprint density at radius 1 is 1.47 bits per heavy atom. The smallest absolute Gasteiger partial charge is 0.408 e. The highest BCUT2D eigenvalue weighted by Crippen LogP contribution is 2.14. The van der Waals surface area contributed by atoms with Gasteiger partial charge in [0.25, 0.3) is 0 Å². The van der Waals surface area contributed by atoms with Crippen LogP contribution in [0.4, 0.5) is 0 Å². The van der Waals surface area contributed by atoms with Gasteiger partial charge < -0.3 is 15.5 Å². The predicted molar refractivity (Wildman–Crippen MR) is 76.0 cm³/mol. The highest BCUT2D eigenvalue weighted by molar-refractivity contribution is 5.73. The van der Waals surface area contributed by atoms with Crippen molar-refractivity contribution in [3.63, 3.8) is 0 Å². The van der Waals surface area contributed by atoms with Crippen LogP contribution in [0, 0.1) is 5.92 Å². The maximum atomic E-state index is 11.4. The van der Waals surface area contributed by atoms with Gasteiger partial charge >= 0.3 is 5.76 Å². The molecule has 0 radical (unpaired) electrons. The van der Waals surface area contributed by atoms with Gasteiger partial charge in [-0.3, -0.25) is 4.57 Å². The molecule has 0 spiro atoms. The lowest BCUT2D eigenvalue weighted by atomic mass is 10.1. The van der Waals surface area contributed by atoms with Gasteiger partial charge in [0, 0.05) is 13.6 Å². The lowest BCUT2D eigenvalue weighted by molar-refractivity contribution is 0.487. The van der Waals surface area contributed by atoms with Gasteiger partial charge in [0.15, 0.2) is 5.58 Å². The summed E-state index contributed by atoms with van der Waals surface area (Å²) in [4.78, 5) is 11.4. The number of fused-ring (bicyclic) bond motifs is 1. The molecule has 0 aliphatic rings. The van der Waals surface area contributed by atoms with E-state index in [4.69, 9.17) is 10.2 Å².